The number of carbonyl (C=O) groups is 1. The molecule has 25 heavy (non-hydrogen) atoms. The molecule has 0 aliphatic heterocycles. The van der Waals surface area contributed by atoms with E-state index in [2.05, 4.69) is 5.32 Å². The van der Waals surface area contributed by atoms with E-state index < -0.39 is 15.9 Å². The lowest BCUT2D eigenvalue weighted by atomic mass is 10.3. The van der Waals surface area contributed by atoms with Crippen LogP contribution in [0.1, 0.15) is 24.3 Å². The smallest absolute Gasteiger partial charge is 0.272 e. The first-order chi connectivity index (χ1) is 11.7. The number of aryl methyl sites for hydroxylation is 1. The topological polar surface area (TPSA) is 91.6 Å². The summed E-state index contributed by atoms with van der Waals surface area (Å²) in [5, 5.41) is 12.7. The van der Waals surface area contributed by atoms with Gasteiger partial charge in [0, 0.05) is 31.4 Å². The Morgan fingerprint density at radius 2 is 1.92 bits per heavy atom. The summed E-state index contributed by atoms with van der Waals surface area (Å²) >= 11 is 5.86. The molecule has 1 heterocycles. The van der Waals surface area contributed by atoms with Crippen molar-refractivity contribution < 1.29 is 18.3 Å². The fourth-order valence-corrected chi connectivity index (χ4v) is 4.11. The summed E-state index contributed by atoms with van der Waals surface area (Å²) in [5.74, 6) is -0.691. The van der Waals surface area contributed by atoms with Crippen LogP contribution >= 0.6 is 11.6 Å². The molecule has 0 aliphatic rings. The summed E-state index contributed by atoms with van der Waals surface area (Å²) in [6.45, 7) is 4.18. The summed E-state index contributed by atoms with van der Waals surface area (Å²) in [4.78, 5) is 12.5. The number of hydrogen-bond acceptors (Lipinski definition) is 4. The van der Waals surface area contributed by atoms with E-state index in [1.54, 1.807) is 20.9 Å². The number of rotatable bonds is 6. The molecule has 0 fully saturated rings. The molecule has 0 bridgehead atoms. The highest BCUT2D eigenvalue weighted by atomic mass is 35.5. The summed E-state index contributed by atoms with van der Waals surface area (Å²) < 4.78 is 27.9. The van der Waals surface area contributed by atoms with Crippen LogP contribution in [0.15, 0.2) is 35.4 Å². The van der Waals surface area contributed by atoms with Gasteiger partial charge in [-0.3, -0.25) is 4.79 Å². The van der Waals surface area contributed by atoms with Gasteiger partial charge in [0.25, 0.3) is 5.91 Å². The number of phenolic OH excluding ortho intramolecular Hbond substituents is 1. The molecule has 0 radical (unpaired) electrons. The summed E-state index contributed by atoms with van der Waals surface area (Å²) in [7, 11) is -2.08. The van der Waals surface area contributed by atoms with Gasteiger partial charge in [-0.1, -0.05) is 25.4 Å². The number of carbonyl (C=O) groups excluding carboxylic acids is 1. The lowest BCUT2D eigenvalue weighted by Crippen LogP contribution is -2.30. The second-order valence-electron chi connectivity index (χ2n) is 5.38. The van der Waals surface area contributed by atoms with Crippen molar-refractivity contribution in [3.63, 3.8) is 0 Å². The number of sulfonamides is 1. The molecule has 2 N–H and O–H groups in total. The van der Waals surface area contributed by atoms with Crippen LogP contribution in [-0.4, -0.2) is 41.4 Å². The maximum Gasteiger partial charge on any atom is 0.272 e. The maximum absolute atomic E-state index is 12.6. The number of nitrogens with one attached hydrogen (secondary N) is 1. The van der Waals surface area contributed by atoms with E-state index in [9.17, 15) is 18.3 Å². The third-order valence-electron chi connectivity index (χ3n) is 3.76. The van der Waals surface area contributed by atoms with Crippen LogP contribution in [0.3, 0.4) is 0 Å². The van der Waals surface area contributed by atoms with Gasteiger partial charge in [0.05, 0.1) is 5.69 Å². The fraction of sp³-hybridized carbons (Fsp3) is 0.312. The molecular weight excluding hydrogens is 366 g/mol. The number of anilines is 1. The number of nitrogens with zero attached hydrogens (tertiary/aromatic N) is 2. The molecule has 0 saturated heterocycles. The zero-order valence-corrected chi connectivity index (χ0v) is 15.7. The number of benzene rings is 1. The summed E-state index contributed by atoms with van der Waals surface area (Å²) in [6, 6.07) is 5.57. The fourth-order valence-electron chi connectivity index (χ4n) is 2.41. The monoisotopic (exact) mass is 385 g/mol. The zero-order chi connectivity index (χ0) is 18.8. The molecule has 9 heteroatoms. The van der Waals surface area contributed by atoms with E-state index >= 15 is 0 Å². The van der Waals surface area contributed by atoms with E-state index in [0.717, 1.165) is 0 Å². The first kappa shape index (κ1) is 19.3. The van der Waals surface area contributed by atoms with Crippen LogP contribution < -0.4 is 5.32 Å². The van der Waals surface area contributed by atoms with Crippen molar-refractivity contribution in [1.82, 2.24) is 8.87 Å². The molecule has 2 aromatic rings. The minimum Gasteiger partial charge on any atom is -0.506 e. The van der Waals surface area contributed by atoms with Gasteiger partial charge in [0.1, 0.15) is 16.3 Å². The molecule has 7 nitrogen and oxygen atoms in total. The summed E-state index contributed by atoms with van der Waals surface area (Å²) in [5.41, 5.74) is 0.289. The molecule has 0 saturated carbocycles. The predicted molar refractivity (Wildman–Crippen MR) is 96.6 cm³/mol. The van der Waals surface area contributed by atoms with Crippen LogP contribution in [0, 0.1) is 0 Å². The number of hydrogen-bond donors (Lipinski definition) is 2. The van der Waals surface area contributed by atoms with Gasteiger partial charge in [-0.2, -0.15) is 4.31 Å². The van der Waals surface area contributed by atoms with Crippen LogP contribution in [0.25, 0.3) is 0 Å². The largest absolute Gasteiger partial charge is 0.506 e. The molecule has 1 amide bonds. The average molecular weight is 386 g/mol. The first-order valence-electron chi connectivity index (χ1n) is 7.67. The van der Waals surface area contributed by atoms with Gasteiger partial charge in [-0.15, -0.1) is 0 Å². The third-order valence-corrected chi connectivity index (χ3v) is 6.01. The van der Waals surface area contributed by atoms with Crippen LogP contribution in [0.2, 0.25) is 5.02 Å². The van der Waals surface area contributed by atoms with E-state index in [0.29, 0.717) is 18.1 Å². The lowest BCUT2D eigenvalue weighted by molar-refractivity contribution is 0.101. The highest BCUT2D eigenvalue weighted by molar-refractivity contribution is 7.89. The van der Waals surface area contributed by atoms with Crippen molar-refractivity contribution in [2.24, 2.45) is 7.05 Å². The zero-order valence-electron chi connectivity index (χ0n) is 14.2. The molecule has 1 aromatic carbocycles. The highest BCUT2D eigenvalue weighted by Crippen LogP contribution is 2.27. The molecule has 136 valence electrons. The minimum atomic E-state index is -3.66. The predicted octanol–water partition coefficient (Wildman–Crippen LogP) is 2.67. The quantitative estimate of drug-likeness (QED) is 0.748. The second kappa shape index (κ2) is 7.47. The van der Waals surface area contributed by atoms with Crippen LogP contribution in [0.4, 0.5) is 5.69 Å². The molecule has 0 unspecified atom stereocenters. The number of aromatic nitrogens is 1. The molecule has 0 atom stereocenters. The first-order valence-corrected chi connectivity index (χ1v) is 9.48. The molecular formula is C16H20ClN3O4S. The van der Waals surface area contributed by atoms with Crippen LogP contribution in [0.5, 0.6) is 5.75 Å². The molecule has 2 rings (SSSR count). The summed E-state index contributed by atoms with van der Waals surface area (Å²) in [6.07, 6.45) is 1.39. The van der Waals surface area contributed by atoms with Crippen molar-refractivity contribution in [3.8, 4) is 5.75 Å². The Balaban J connectivity index is 2.34. The van der Waals surface area contributed by atoms with Crippen LogP contribution in [-0.2, 0) is 17.1 Å². The minimum absolute atomic E-state index is 0.0409. The molecule has 0 aliphatic carbocycles. The van der Waals surface area contributed by atoms with Crippen molar-refractivity contribution in [3.05, 3.63) is 41.2 Å². The van der Waals surface area contributed by atoms with E-state index in [1.165, 1.54) is 39.3 Å². The SMILES string of the molecule is CCN(CC)S(=O)(=O)c1cc(C(=O)Nc2cc(Cl)ccc2O)n(C)c1. The average Bonchev–Trinajstić information content (AvgIpc) is 2.94. The Kier molecular flexibility index (Phi) is 5.76. The lowest BCUT2D eigenvalue weighted by Gasteiger charge is -2.17. The molecule has 1 aromatic heterocycles. The third kappa shape index (κ3) is 3.97. The van der Waals surface area contributed by atoms with E-state index in [4.69, 9.17) is 11.6 Å². The van der Waals surface area contributed by atoms with Gasteiger partial charge in [0.2, 0.25) is 10.0 Å². The standard InChI is InChI=1S/C16H20ClN3O4S/c1-4-20(5-2)25(23,24)12-9-14(19(3)10-12)16(22)18-13-8-11(17)6-7-15(13)21/h6-10,21H,4-5H2,1-3H3,(H,18,22). The Bertz CT molecular complexity index is 889. The van der Waals surface area contributed by atoms with E-state index in [1.807, 2.05) is 0 Å². The van der Waals surface area contributed by atoms with Gasteiger partial charge < -0.3 is 15.0 Å². The number of aromatic hydroxyl groups is 1. The molecule has 0 spiro atoms. The maximum atomic E-state index is 12.6. The van der Waals surface area contributed by atoms with Gasteiger partial charge in [-0.25, -0.2) is 8.42 Å². The van der Waals surface area contributed by atoms with Gasteiger partial charge in [-0.05, 0) is 24.3 Å². The Labute approximate surface area is 151 Å². The highest BCUT2D eigenvalue weighted by Gasteiger charge is 2.25. The Morgan fingerprint density at radius 1 is 1.28 bits per heavy atom. The Hall–Kier alpha value is -2.03. The van der Waals surface area contributed by atoms with Crippen molar-refractivity contribution in [2.45, 2.75) is 18.7 Å². The van der Waals surface area contributed by atoms with Gasteiger partial charge >= 0.3 is 0 Å². The number of amides is 1. The number of phenols is 1. The van der Waals surface area contributed by atoms with Crippen molar-refractivity contribution in [1.29, 1.82) is 0 Å². The normalized spacial score (nSPS) is 11.7. The van der Waals surface area contributed by atoms with Gasteiger partial charge in [0.15, 0.2) is 0 Å². The Morgan fingerprint density at radius 3 is 2.52 bits per heavy atom. The second-order valence-corrected chi connectivity index (χ2v) is 7.75. The number of halogens is 1. The van der Waals surface area contributed by atoms with Crippen molar-refractivity contribution >= 4 is 33.2 Å². The van der Waals surface area contributed by atoms with E-state index in [-0.39, 0.29) is 22.0 Å². The van der Waals surface area contributed by atoms with Crippen molar-refractivity contribution in [2.75, 3.05) is 18.4 Å².